The number of carboxylic acid groups (broad SMARTS) is 1. The zero-order valence-corrected chi connectivity index (χ0v) is 9.27. The molecule has 7 heteroatoms. The van der Waals surface area contributed by atoms with Gasteiger partial charge in [0.1, 0.15) is 0 Å². The maximum absolute atomic E-state index is 11.2. The number of ketones is 2. The van der Waals surface area contributed by atoms with Crippen LogP contribution in [0, 0.1) is 0 Å². The molecule has 19 heavy (non-hydrogen) atoms. The van der Waals surface area contributed by atoms with Crippen LogP contribution in [0.5, 0.6) is 0 Å². The maximum Gasteiger partial charge on any atom is 0.490 e. The molecule has 1 aliphatic carbocycles. The predicted molar refractivity (Wildman–Crippen MR) is 58.5 cm³/mol. The summed E-state index contributed by atoms with van der Waals surface area (Å²) in [6.45, 7) is 0. The van der Waals surface area contributed by atoms with Crippen molar-refractivity contribution < 1.29 is 32.7 Å². The third kappa shape index (κ3) is 3.77. The third-order valence-electron chi connectivity index (χ3n) is 2.09. The monoisotopic (exact) mass is 272 g/mol. The van der Waals surface area contributed by atoms with E-state index in [4.69, 9.17) is 9.90 Å². The van der Waals surface area contributed by atoms with Crippen LogP contribution in [-0.2, 0) is 9.59 Å². The van der Waals surface area contributed by atoms with Crippen molar-refractivity contribution >= 4 is 23.6 Å². The Bertz CT molecular complexity index is 558. The lowest BCUT2D eigenvalue weighted by Gasteiger charge is -2.06. The van der Waals surface area contributed by atoms with Crippen LogP contribution in [-0.4, -0.2) is 28.8 Å². The lowest BCUT2D eigenvalue weighted by molar-refractivity contribution is -0.192. The zero-order valence-electron chi connectivity index (χ0n) is 9.27. The highest BCUT2D eigenvalue weighted by atomic mass is 19.4. The number of hydrogen-bond acceptors (Lipinski definition) is 3. The highest BCUT2D eigenvalue weighted by Crippen LogP contribution is 2.16. The van der Waals surface area contributed by atoms with Crippen LogP contribution in [0.15, 0.2) is 30.3 Å². The standard InChI is InChI=1S/C10H6O2.C2HF3O2/c11-9-6-5-7-3-1-2-4-8(7)10(9)12;3-2(4,5)1(6)7/h1-6H;(H,6,7). The van der Waals surface area contributed by atoms with E-state index in [0.717, 1.165) is 5.56 Å². The maximum atomic E-state index is 11.2. The van der Waals surface area contributed by atoms with Crippen LogP contribution >= 0.6 is 0 Å². The summed E-state index contributed by atoms with van der Waals surface area (Å²) < 4.78 is 31.7. The Labute approximate surface area is 105 Å². The number of fused-ring (bicyclic) bond motifs is 1. The molecule has 1 N–H and O–H groups in total. The van der Waals surface area contributed by atoms with Crippen molar-refractivity contribution in [2.45, 2.75) is 6.18 Å². The first-order chi connectivity index (χ1) is 8.73. The summed E-state index contributed by atoms with van der Waals surface area (Å²) in [5.41, 5.74) is 1.33. The molecule has 0 saturated heterocycles. The van der Waals surface area contributed by atoms with Gasteiger partial charge in [0.2, 0.25) is 11.6 Å². The molecule has 100 valence electrons. The molecule has 0 aliphatic heterocycles. The van der Waals surface area contributed by atoms with E-state index < -0.39 is 23.7 Å². The number of Topliss-reactive ketones (excluding diaryl/α,β-unsaturated/α-hetero) is 1. The van der Waals surface area contributed by atoms with Crippen molar-refractivity contribution in [3.05, 3.63) is 41.5 Å². The van der Waals surface area contributed by atoms with E-state index in [0.29, 0.717) is 5.56 Å². The van der Waals surface area contributed by atoms with E-state index in [2.05, 4.69) is 0 Å². The van der Waals surface area contributed by atoms with Crippen molar-refractivity contribution in [2.75, 3.05) is 0 Å². The van der Waals surface area contributed by atoms with E-state index >= 15 is 0 Å². The minimum Gasteiger partial charge on any atom is -0.475 e. The molecule has 0 spiro atoms. The van der Waals surface area contributed by atoms with E-state index in [1.807, 2.05) is 12.1 Å². The first-order valence-corrected chi connectivity index (χ1v) is 4.89. The second-order valence-corrected chi connectivity index (χ2v) is 3.42. The van der Waals surface area contributed by atoms with Gasteiger partial charge in [-0.2, -0.15) is 13.2 Å². The van der Waals surface area contributed by atoms with Gasteiger partial charge in [0.05, 0.1) is 0 Å². The summed E-state index contributed by atoms with van der Waals surface area (Å²) in [5.74, 6) is -3.60. The molecule has 0 bridgehead atoms. The highest BCUT2D eigenvalue weighted by Gasteiger charge is 2.38. The lowest BCUT2D eigenvalue weighted by atomic mass is 9.96. The number of rotatable bonds is 0. The summed E-state index contributed by atoms with van der Waals surface area (Å²) in [5, 5.41) is 7.12. The van der Waals surface area contributed by atoms with Gasteiger partial charge >= 0.3 is 12.1 Å². The minimum absolute atomic E-state index is 0.409. The zero-order chi connectivity index (χ0) is 14.6. The quantitative estimate of drug-likeness (QED) is 0.734. The second kappa shape index (κ2) is 5.47. The van der Waals surface area contributed by atoms with E-state index in [1.165, 1.54) is 6.08 Å². The number of carbonyl (C=O) groups is 3. The summed E-state index contributed by atoms with van der Waals surface area (Å²) in [7, 11) is 0. The van der Waals surface area contributed by atoms with Crippen LogP contribution in [0.25, 0.3) is 6.08 Å². The number of carbonyl (C=O) groups excluding carboxylic acids is 2. The summed E-state index contributed by atoms with van der Waals surface area (Å²) in [6, 6.07) is 7.07. The van der Waals surface area contributed by atoms with Crippen molar-refractivity contribution in [1.82, 2.24) is 0 Å². The molecule has 0 atom stereocenters. The Morgan fingerprint density at radius 2 is 1.58 bits per heavy atom. The Kier molecular flexibility index (Phi) is 4.21. The summed E-state index contributed by atoms with van der Waals surface area (Å²) in [6.07, 6.45) is -2.11. The fourth-order valence-corrected chi connectivity index (χ4v) is 1.22. The molecular formula is C12H7F3O4. The number of hydrogen-bond donors (Lipinski definition) is 1. The van der Waals surface area contributed by atoms with Gasteiger partial charge in [-0.25, -0.2) is 4.79 Å². The molecular weight excluding hydrogens is 265 g/mol. The number of aliphatic carboxylic acids is 1. The minimum atomic E-state index is -5.08. The van der Waals surface area contributed by atoms with Crippen molar-refractivity contribution in [1.29, 1.82) is 0 Å². The van der Waals surface area contributed by atoms with Gasteiger partial charge in [-0.05, 0) is 11.6 Å². The van der Waals surface area contributed by atoms with Gasteiger partial charge in [-0.3, -0.25) is 9.59 Å². The molecule has 1 aromatic rings. The van der Waals surface area contributed by atoms with E-state index in [-0.39, 0.29) is 0 Å². The Balaban J connectivity index is 0.000000224. The first-order valence-electron chi connectivity index (χ1n) is 4.89. The molecule has 4 nitrogen and oxygen atoms in total. The molecule has 0 fully saturated rings. The first kappa shape index (κ1) is 14.6. The summed E-state index contributed by atoms with van der Waals surface area (Å²) >= 11 is 0. The van der Waals surface area contributed by atoms with Gasteiger partial charge in [-0.15, -0.1) is 0 Å². The molecule has 1 aliphatic rings. The predicted octanol–water partition coefficient (Wildman–Crippen LogP) is 2.10. The number of alkyl halides is 3. The van der Waals surface area contributed by atoms with E-state index in [9.17, 15) is 22.8 Å². The lowest BCUT2D eigenvalue weighted by Crippen LogP contribution is -2.21. The molecule has 0 aromatic heterocycles. The average molecular weight is 272 g/mol. The van der Waals surface area contributed by atoms with Crippen LogP contribution in [0.2, 0.25) is 0 Å². The fourth-order valence-electron chi connectivity index (χ4n) is 1.22. The third-order valence-corrected chi connectivity index (χ3v) is 2.09. The number of benzene rings is 1. The van der Waals surface area contributed by atoms with Gasteiger partial charge in [0.15, 0.2) is 0 Å². The smallest absolute Gasteiger partial charge is 0.475 e. The van der Waals surface area contributed by atoms with Crippen LogP contribution in [0.4, 0.5) is 13.2 Å². The SMILES string of the molecule is O=C(O)C(F)(F)F.O=C1C=Cc2ccccc2C1=O. The molecule has 2 rings (SSSR count). The normalized spacial score (nSPS) is 13.4. The second-order valence-electron chi connectivity index (χ2n) is 3.42. The molecule has 0 heterocycles. The molecule has 1 aromatic carbocycles. The number of carboxylic acids is 1. The van der Waals surface area contributed by atoms with Gasteiger partial charge in [0, 0.05) is 5.56 Å². The highest BCUT2D eigenvalue weighted by molar-refractivity contribution is 6.49. The number of halogens is 3. The summed E-state index contributed by atoms with van der Waals surface area (Å²) in [4.78, 5) is 31.0. The van der Waals surface area contributed by atoms with Crippen molar-refractivity contribution in [2.24, 2.45) is 0 Å². The molecule has 0 amide bonds. The molecule has 0 unspecified atom stereocenters. The van der Waals surface area contributed by atoms with Gasteiger partial charge in [-0.1, -0.05) is 30.3 Å². The fraction of sp³-hybridized carbons (Fsp3) is 0.0833. The van der Waals surface area contributed by atoms with Crippen molar-refractivity contribution in [3.63, 3.8) is 0 Å². The van der Waals surface area contributed by atoms with Crippen molar-refractivity contribution in [3.8, 4) is 0 Å². The van der Waals surface area contributed by atoms with Gasteiger partial charge < -0.3 is 5.11 Å². The number of allylic oxidation sites excluding steroid dienone is 1. The van der Waals surface area contributed by atoms with Crippen LogP contribution < -0.4 is 0 Å². The van der Waals surface area contributed by atoms with Crippen LogP contribution in [0.3, 0.4) is 0 Å². The Morgan fingerprint density at radius 3 is 2.11 bits per heavy atom. The molecule has 0 radical (unpaired) electrons. The molecule has 0 saturated carbocycles. The Hall–Kier alpha value is -2.44. The van der Waals surface area contributed by atoms with E-state index in [1.54, 1.807) is 18.2 Å². The largest absolute Gasteiger partial charge is 0.490 e. The topological polar surface area (TPSA) is 71.4 Å². The Morgan fingerprint density at radius 1 is 1.05 bits per heavy atom. The van der Waals surface area contributed by atoms with Crippen LogP contribution in [0.1, 0.15) is 15.9 Å². The average Bonchev–Trinajstić information content (AvgIpc) is 2.34. The van der Waals surface area contributed by atoms with Gasteiger partial charge in [0.25, 0.3) is 0 Å².